The number of hydrogen-bond acceptors (Lipinski definition) is 4. The fraction of sp³-hybridized carbons (Fsp3) is 0.562. The van der Waals surface area contributed by atoms with Crippen LogP contribution in [-0.4, -0.2) is 56.8 Å². The SMILES string of the molecule is COCCNCC(=O)N1CC(C)OC(c2ccc(F)cc2)C1.Cl. The Hall–Kier alpha value is -1.21. The van der Waals surface area contributed by atoms with Crippen molar-refractivity contribution in [2.24, 2.45) is 0 Å². The molecule has 1 fully saturated rings. The predicted octanol–water partition coefficient (Wildman–Crippen LogP) is 1.77. The zero-order valence-corrected chi connectivity index (χ0v) is 14.3. The second kappa shape index (κ2) is 9.82. The molecule has 1 amide bonds. The maximum Gasteiger partial charge on any atom is 0.236 e. The van der Waals surface area contributed by atoms with Crippen LogP contribution in [0, 0.1) is 5.82 Å². The summed E-state index contributed by atoms with van der Waals surface area (Å²) in [6.45, 7) is 4.50. The van der Waals surface area contributed by atoms with Crippen molar-refractivity contribution < 1.29 is 18.7 Å². The molecule has 0 bridgehead atoms. The lowest BCUT2D eigenvalue weighted by atomic mass is 10.1. The van der Waals surface area contributed by atoms with Gasteiger partial charge in [0.25, 0.3) is 0 Å². The lowest BCUT2D eigenvalue weighted by Crippen LogP contribution is -2.48. The summed E-state index contributed by atoms with van der Waals surface area (Å²) in [5.74, 6) is -0.235. The molecular weight excluding hydrogens is 323 g/mol. The van der Waals surface area contributed by atoms with E-state index < -0.39 is 0 Å². The number of ether oxygens (including phenoxy) is 2. The molecule has 1 aliphatic heterocycles. The number of morpholine rings is 1. The number of nitrogens with one attached hydrogen (secondary N) is 1. The summed E-state index contributed by atoms with van der Waals surface area (Å²) in [7, 11) is 1.63. The van der Waals surface area contributed by atoms with Crippen molar-refractivity contribution in [3.05, 3.63) is 35.6 Å². The molecule has 2 unspecified atom stereocenters. The Morgan fingerprint density at radius 2 is 2.09 bits per heavy atom. The van der Waals surface area contributed by atoms with Gasteiger partial charge in [-0.2, -0.15) is 0 Å². The molecule has 0 saturated carbocycles. The van der Waals surface area contributed by atoms with E-state index in [0.29, 0.717) is 26.2 Å². The summed E-state index contributed by atoms with van der Waals surface area (Å²) < 4.78 is 23.8. The van der Waals surface area contributed by atoms with E-state index >= 15 is 0 Å². The number of benzene rings is 1. The average Bonchev–Trinajstić information content (AvgIpc) is 2.51. The molecule has 0 aromatic heterocycles. The first kappa shape index (κ1) is 19.8. The minimum atomic E-state index is -0.275. The lowest BCUT2D eigenvalue weighted by molar-refractivity contribution is -0.144. The quantitative estimate of drug-likeness (QED) is 0.798. The summed E-state index contributed by atoms with van der Waals surface area (Å²) in [6.07, 6.45) is -0.265. The van der Waals surface area contributed by atoms with Gasteiger partial charge >= 0.3 is 0 Å². The van der Waals surface area contributed by atoms with Crippen molar-refractivity contribution in [2.75, 3.05) is 39.9 Å². The van der Waals surface area contributed by atoms with Crippen LogP contribution in [0.1, 0.15) is 18.6 Å². The van der Waals surface area contributed by atoms with E-state index in [0.717, 1.165) is 5.56 Å². The van der Waals surface area contributed by atoms with Gasteiger partial charge in [-0.1, -0.05) is 12.1 Å². The smallest absolute Gasteiger partial charge is 0.236 e. The van der Waals surface area contributed by atoms with Crippen molar-refractivity contribution in [3.63, 3.8) is 0 Å². The van der Waals surface area contributed by atoms with Crippen LogP contribution >= 0.6 is 12.4 Å². The topological polar surface area (TPSA) is 50.8 Å². The van der Waals surface area contributed by atoms with Crippen molar-refractivity contribution in [2.45, 2.75) is 19.1 Å². The molecule has 1 saturated heterocycles. The molecule has 0 spiro atoms. The second-order valence-electron chi connectivity index (χ2n) is 5.46. The van der Waals surface area contributed by atoms with Gasteiger partial charge in [0.1, 0.15) is 11.9 Å². The monoisotopic (exact) mass is 346 g/mol. The molecule has 2 rings (SSSR count). The Morgan fingerprint density at radius 1 is 1.39 bits per heavy atom. The number of hydrogen-bond donors (Lipinski definition) is 1. The Labute approximate surface area is 142 Å². The highest BCUT2D eigenvalue weighted by Crippen LogP contribution is 2.25. The molecule has 1 heterocycles. The van der Waals surface area contributed by atoms with Gasteiger partial charge in [0.2, 0.25) is 5.91 Å². The first-order chi connectivity index (χ1) is 10.6. The van der Waals surface area contributed by atoms with Crippen LogP contribution in [0.15, 0.2) is 24.3 Å². The molecule has 23 heavy (non-hydrogen) atoms. The first-order valence-electron chi connectivity index (χ1n) is 7.48. The van der Waals surface area contributed by atoms with Crippen LogP contribution in [0.25, 0.3) is 0 Å². The third kappa shape index (κ3) is 6.06. The lowest BCUT2D eigenvalue weighted by Gasteiger charge is -2.37. The number of carbonyl (C=O) groups excluding carboxylic acids is 1. The normalized spacial score (nSPS) is 20.9. The van der Waals surface area contributed by atoms with Gasteiger partial charge in [0.15, 0.2) is 0 Å². The zero-order valence-electron chi connectivity index (χ0n) is 13.5. The largest absolute Gasteiger partial charge is 0.383 e. The van der Waals surface area contributed by atoms with E-state index in [-0.39, 0.29) is 42.9 Å². The van der Waals surface area contributed by atoms with Crippen LogP contribution in [0.3, 0.4) is 0 Å². The number of rotatable bonds is 6. The molecule has 1 N–H and O–H groups in total. The van der Waals surface area contributed by atoms with Gasteiger partial charge < -0.3 is 19.7 Å². The second-order valence-corrected chi connectivity index (χ2v) is 5.46. The van der Waals surface area contributed by atoms with Crippen LogP contribution in [0.4, 0.5) is 4.39 Å². The Morgan fingerprint density at radius 3 is 2.74 bits per heavy atom. The standard InChI is InChI=1S/C16H23FN2O3.ClH/c1-12-10-19(16(20)9-18-7-8-21-2)11-15(22-12)13-3-5-14(17)6-4-13;/h3-6,12,15,18H,7-11H2,1-2H3;1H. The molecule has 1 aromatic rings. The molecule has 5 nitrogen and oxygen atoms in total. The molecule has 0 aliphatic carbocycles. The summed E-state index contributed by atoms with van der Waals surface area (Å²) in [4.78, 5) is 14.0. The van der Waals surface area contributed by atoms with E-state index in [9.17, 15) is 9.18 Å². The van der Waals surface area contributed by atoms with E-state index in [4.69, 9.17) is 9.47 Å². The molecule has 0 radical (unpaired) electrons. The molecule has 1 aliphatic rings. The van der Waals surface area contributed by atoms with Gasteiger partial charge in [-0.15, -0.1) is 12.4 Å². The third-order valence-electron chi connectivity index (χ3n) is 3.61. The van der Waals surface area contributed by atoms with E-state index in [1.165, 1.54) is 12.1 Å². The van der Waals surface area contributed by atoms with Crippen molar-refractivity contribution in [1.29, 1.82) is 0 Å². The Balaban J connectivity index is 0.00000264. The maximum absolute atomic E-state index is 13.0. The summed E-state index contributed by atoms with van der Waals surface area (Å²) >= 11 is 0. The molecule has 2 atom stereocenters. The highest BCUT2D eigenvalue weighted by atomic mass is 35.5. The molecule has 1 aromatic carbocycles. The average molecular weight is 347 g/mol. The van der Waals surface area contributed by atoms with Crippen molar-refractivity contribution >= 4 is 18.3 Å². The zero-order chi connectivity index (χ0) is 15.9. The summed E-state index contributed by atoms with van der Waals surface area (Å²) in [5.41, 5.74) is 0.887. The predicted molar refractivity (Wildman–Crippen MR) is 88.3 cm³/mol. The van der Waals surface area contributed by atoms with Gasteiger partial charge in [-0.3, -0.25) is 4.79 Å². The highest BCUT2D eigenvalue weighted by molar-refractivity contribution is 5.85. The highest BCUT2D eigenvalue weighted by Gasteiger charge is 2.29. The first-order valence-corrected chi connectivity index (χ1v) is 7.48. The minimum Gasteiger partial charge on any atom is -0.383 e. The van der Waals surface area contributed by atoms with Gasteiger partial charge in [0.05, 0.1) is 25.8 Å². The van der Waals surface area contributed by atoms with Crippen LogP contribution in [-0.2, 0) is 14.3 Å². The minimum absolute atomic E-state index is 0. The summed E-state index contributed by atoms with van der Waals surface area (Å²) in [5, 5.41) is 3.05. The maximum atomic E-state index is 13.0. The fourth-order valence-electron chi connectivity index (χ4n) is 2.50. The Bertz CT molecular complexity index is 487. The Kier molecular flexibility index (Phi) is 8.47. The number of methoxy groups -OCH3 is 1. The molecular formula is C16H24ClFN2O3. The molecule has 130 valence electrons. The third-order valence-corrected chi connectivity index (χ3v) is 3.61. The van der Waals surface area contributed by atoms with E-state index in [2.05, 4.69) is 5.32 Å². The van der Waals surface area contributed by atoms with Gasteiger partial charge in [-0.05, 0) is 24.6 Å². The van der Waals surface area contributed by atoms with Crippen LogP contribution in [0.2, 0.25) is 0 Å². The summed E-state index contributed by atoms with van der Waals surface area (Å²) in [6, 6.07) is 6.24. The van der Waals surface area contributed by atoms with Crippen LogP contribution in [0.5, 0.6) is 0 Å². The number of halogens is 2. The molecule has 7 heteroatoms. The van der Waals surface area contributed by atoms with Gasteiger partial charge in [-0.25, -0.2) is 4.39 Å². The number of carbonyl (C=O) groups is 1. The van der Waals surface area contributed by atoms with Gasteiger partial charge in [0, 0.05) is 20.2 Å². The van der Waals surface area contributed by atoms with Crippen LogP contribution < -0.4 is 5.32 Å². The van der Waals surface area contributed by atoms with Crippen molar-refractivity contribution in [3.8, 4) is 0 Å². The fourth-order valence-corrected chi connectivity index (χ4v) is 2.50. The van der Waals surface area contributed by atoms with Crippen molar-refractivity contribution in [1.82, 2.24) is 10.2 Å². The number of amides is 1. The van der Waals surface area contributed by atoms with E-state index in [1.54, 1.807) is 24.1 Å². The van der Waals surface area contributed by atoms with E-state index in [1.807, 2.05) is 6.92 Å². The number of nitrogens with zero attached hydrogens (tertiary/aromatic N) is 1.